The fourth-order valence-electron chi connectivity index (χ4n) is 5.32. The minimum atomic E-state index is -1.28. The molecule has 0 saturated carbocycles. The van der Waals surface area contributed by atoms with Crippen molar-refractivity contribution in [2.75, 3.05) is 13.7 Å². The van der Waals surface area contributed by atoms with Gasteiger partial charge >= 0.3 is 5.97 Å². The Balaban J connectivity index is 1.88. The molecule has 2 saturated heterocycles. The number of likely N-dealkylation sites (tertiary alicyclic amines) is 1. The second kappa shape index (κ2) is 7.81. The molecule has 0 aliphatic carbocycles. The summed E-state index contributed by atoms with van der Waals surface area (Å²) in [6.45, 7) is 4.00. The topological polar surface area (TPSA) is 101 Å². The number of fused-ring (bicyclic) bond motifs is 1. The van der Waals surface area contributed by atoms with Crippen LogP contribution in [0.4, 0.5) is 0 Å². The number of carbonyl (C=O) groups is 3. The summed E-state index contributed by atoms with van der Waals surface area (Å²) in [5, 5.41) is 11.5. The summed E-state index contributed by atoms with van der Waals surface area (Å²) in [5.74, 6) is -2.44. The van der Waals surface area contributed by atoms with E-state index in [2.05, 4.69) is 0 Å². The molecule has 2 fully saturated rings. The van der Waals surface area contributed by atoms with Crippen LogP contribution in [-0.4, -0.2) is 47.0 Å². The zero-order valence-corrected chi connectivity index (χ0v) is 17.9. The van der Waals surface area contributed by atoms with Crippen LogP contribution < -0.4 is 5.32 Å². The molecule has 0 radical (unpaired) electrons. The molecule has 0 aromatic heterocycles. The molecule has 4 atom stereocenters. The van der Waals surface area contributed by atoms with Crippen molar-refractivity contribution >= 4 is 17.8 Å². The fraction of sp³-hybridized carbons (Fsp3) is 0.375. The number of carbonyl (C=O) groups excluding carboxylic acids is 3. The lowest BCUT2D eigenvalue weighted by atomic mass is 9.76. The molecule has 0 spiro atoms. The first kappa shape index (κ1) is 21.1. The van der Waals surface area contributed by atoms with Crippen LogP contribution in [0.1, 0.15) is 29.7 Å². The molecule has 0 bridgehead atoms. The van der Waals surface area contributed by atoms with Crippen molar-refractivity contribution in [3.63, 3.8) is 0 Å². The van der Waals surface area contributed by atoms with Crippen molar-refractivity contribution in [3.8, 4) is 5.75 Å². The first-order valence-corrected chi connectivity index (χ1v) is 10.5. The number of nitrogens with zero attached hydrogens (tertiary/aromatic N) is 1. The highest BCUT2D eigenvalue weighted by Crippen LogP contribution is 2.46. The SMILES string of the molecule is CCN1C(=O)[C@H]2[C@@H](C1=O)[C@](Cc1ccc(O)cc1)(C(=O)OC)[NH2+][C@H]2c1ccccc1C. The second-order valence-corrected chi connectivity index (χ2v) is 8.35. The van der Waals surface area contributed by atoms with Crippen LogP contribution in [0.15, 0.2) is 48.5 Å². The molecule has 2 aliphatic heterocycles. The van der Waals surface area contributed by atoms with Gasteiger partial charge in [-0.05, 0) is 37.1 Å². The average molecular weight is 423 g/mol. The Bertz CT molecular complexity index is 1030. The minimum Gasteiger partial charge on any atom is -0.508 e. The van der Waals surface area contributed by atoms with Gasteiger partial charge in [-0.3, -0.25) is 14.5 Å². The maximum absolute atomic E-state index is 13.4. The number of benzene rings is 2. The number of quaternary nitrogens is 1. The van der Waals surface area contributed by atoms with E-state index in [0.717, 1.165) is 16.7 Å². The lowest BCUT2D eigenvalue weighted by Crippen LogP contribution is -2.98. The van der Waals surface area contributed by atoms with Crippen LogP contribution in [0, 0.1) is 18.8 Å². The van der Waals surface area contributed by atoms with Gasteiger partial charge in [-0.1, -0.05) is 36.4 Å². The highest BCUT2D eigenvalue weighted by atomic mass is 16.5. The molecule has 2 aromatic rings. The second-order valence-electron chi connectivity index (χ2n) is 8.35. The van der Waals surface area contributed by atoms with Crippen molar-refractivity contribution < 1.29 is 29.5 Å². The third-order valence-electron chi connectivity index (χ3n) is 6.72. The smallest absolute Gasteiger partial charge is 0.369 e. The number of phenols is 1. The van der Waals surface area contributed by atoms with E-state index in [-0.39, 0.29) is 36.6 Å². The maximum atomic E-state index is 13.4. The van der Waals surface area contributed by atoms with Crippen LogP contribution in [0.5, 0.6) is 5.75 Å². The summed E-state index contributed by atoms with van der Waals surface area (Å²) in [6, 6.07) is 13.9. The number of ether oxygens (including phenoxy) is 1. The standard InChI is InChI=1S/C24H26N2O5/c1-4-26-21(28)18-19(22(26)29)24(23(30)31-3,13-15-9-11-16(27)12-10-15)25-20(18)17-8-6-5-7-14(17)2/h5-12,18-20,25,27H,4,13H2,1-3H3/p+1/t18-,19-,20-,24+/m0/s1. The van der Waals surface area contributed by atoms with E-state index in [1.165, 1.54) is 12.0 Å². The molecule has 2 amide bonds. The summed E-state index contributed by atoms with van der Waals surface area (Å²) in [6.07, 6.45) is 0.208. The number of imide groups is 1. The summed E-state index contributed by atoms with van der Waals surface area (Å²) in [4.78, 5) is 41.3. The van der Waals surface area contributed by atoms with Gasteiger partial charge in [-0.15, -0.1) is 0 Å². The molecular formula is C24H27N2O5+. The zero-order valence-electron chi connectivity index (χ0n) is 17.9. The van der Waals surface area contributed by atoms with E-state index in [4.69, 9.17) is 4.74 Å². The van der Waals surface area contributed by atoms with Gasteiger partial charge in [0, 0.05) is 18.5 Å². The van der Waals surface area contributed by atoms with Crippen LogP contribution in [0.25, 0.3) is 0 Å². The number of esters is 1. The lowest BCUT2D eigenvalue weighted by molar-refractivity contribution is -0.734. The molecule has 3 N–H and O–H groups in total. The number of methoxy groups -OCH3 is 1. The molecular weight excluding hydrogens is 396 g/mol. The number of aryl methyl sites for hydroxylation is 1. The van der Waals surface area contributed by atoms with Crippen LogP contribution in [0.3, 0.4) is 0 Å². The van der Waals surface area contributed by atoms with Crippen LogP contribution in [-0.2, 0) is 25.5 Å². The molecule has 7 heteroatoms. The monoisotopic (exact) mass is 423 g/mol. The molecule has 162 valence electrons. The van der Waals surface area contributed by atoms with Crippen LogP contribution >= 0.6 is 0 Å². The van der Waals surface area contributed by atoms with Gasteiger partial charge in [0.2, 0.25) is 17.4 Å². The van der Waals surface area contributed by atoms with Gasteiger partial charge in [-0.25, -0.2) is 4.79 Å². The molecule has 2 heterocycles. The van der Waals surface area contributed by atoms with Gasteiger partial charge in [0.05, 0.1) is 7.11 Å². The highest BCUT2D eigenvalue weighted by Gasteiger charge is 2.72. The van der Waals surface area contributed by atoms with E-state index in [9.17, 15) is 19.5 Å². The summed E-state index contributed by atoms with van der Waals surface area (Å²) in [5.41, 5.74) is 1.44. The van der Waals surface area contributed by atoms with Crippen molar-refractivity contribution in [1.29, 1.82) is 0 Å². The van der Waals surface area contributed by atoms with Gasteiger partial charge in [0.25, 0.3) is 0 Å². The predicted molar refractivity (Wildman–Crippen MR) is 112 cm³/mol. The molecule has 4 rings (SSSR count). The van der Waals surface area contributed by atoms with Gasteiger partial charge < -0.3 is 15.2 Å². The molecule has 31 heavy (non-hydrogen) atoms. The number of aromatic hydroxyl groups is 1. The number of hydrogen-bond donors (Lipinski definition) is 2. The summed E-state index contributed by atoms with van der Waals surface area (Å²) < 4.78 is 5.21. The Kier molecular flexibility index (Phi) is 5.31. The number of phenolic OH excluding ortho intramolecular Hbond substituents is 1. The van der Waals surface area contributed by atoms with Gasteiger partial charge in [0.15, 0.2) is 0 Å². The number of hydrogen-bond acceptors (Lipinski definition) is 5. The Morgan fingerprint density at radius 3 is 2.42 bits per heavy atom. The molecule has 0 unspecified atom stereocenters. The van der Waals surface area contributed by atoms with Crippen molar-refractivity contribution in [1.82, 2.24) is 4.90 Å². The van der Waals surface area contributed by atoms with E-state index in [1.807, 2.05) is 36.5 Å². The summed E-state index contributed by atoms with van der Waals surface area (Å²) >= 11 is 0. The summed E-state index contributed by atoms with van der Waals surface area (Å²) in [7, 11) is 1.31. The Labute approximate surface area is 181 Å². The Hall–Kier alpha value is -3.19. The first-order valence-electron chi connectivity index (χ1n) is 10.5. The minimum absolute atomic E-state index is 0.117. The van der Waals surface area contributed by atoms with E-state index < -0.39 is 23.3 Å². The van der Waals surface area contributed by atoms with Crippen LogP contribution in [0.2, 0.25) is 0 Å². The number of amides is 2. The number of rotatable bonds is 5. The van der Waals surface area contributed by atoms with E-state index in [1.54, 1.807) is 31.2 Å². The third kappa shape index (κ3) is 3.20. The largest absolute Gasteiger partial charge is 0.508 e. The molecule has 7 nitrogen and oxygen atoms in total. The molecule has 2 aromatic carbocycles. The fourth-order valence-corrected chi connectivity index (χ4v) is 5.32. The average Bonchev–Trinajstić information content (AvgIpc) is 3.23. The first-order chi connectivity index (χ1) is 14.8. The zero-order chi connectivity index (χ0) is 22.3. The van der Waals surface area contributed by atoms with Crippen molar-refractivity contribution in [3.05, 3.63) is 65.2 Å². The van der Waals surface area contributed by atoms with Crippen molar-refractivity contribution in [2.45, 2.75) is 31.8 Å². The van der Waals surface area contributed by atoms with E-state index >= 15 is 0 Å². The predicted octanol–water partition coefficient (Wildman–Crippen LogP) is 1.09. The third-order valence-corrected chi connectivity index (χ3v) is 6.72. The lowest BCUT2D eigenvalue weighted by Gasteiger charge is -2.29. The van der Waals surface area contributed by atoms with Gasteiger partial charge in [0.1, 0.15) is 23.6 Å². The maximum Gasteiger partial charge on any atom is 0.369 e. The Morgan fingerprint density at radius 2 is 1.81 bits per heavy atom. The van der Waals surface area contributed by atoms with E-state index in [0.29, 0.717) is 0 Å². The van der Waals surface area contributed by atoms with Gasteiger partial charge in [-0.2, -0.15) is 0 Å². The number of nitrogens with two attached hydrogens (primary N) is 1. The van der Waals surface area contributed by atoms with Crippen molar-refractivity contribution in [2.24, 2.45) is 11.8 Å². The molecule has 2 aliphatic rings. The quantitative estimate of drug-likeness (QED) is 0.554. The highest BCUT2D eigenvalue weighted by molar-refractivity contribution is 6.08. The normalized spacial score (nSPS) is 27.5. The Morgan fingerprint density at radius 1 is 1.13 bits per heavy atom.